The summed E-state index contributed by atoms with van der Waals surface area (Å²) in [5.41, 5.74) is 0. The fourth-order valence-corrected chi connectivity index (χ4v) is 3.48. The molecule has 0 N–H and O–H groups in total. The molecule has 1 aromatic rings. The Balaban J connectivity index is 1.52. The number of rotatable bonds is 4. The standard InChI is InChI=1S/C17H22FNO3/c1-11(21-15-7-3-12(18)4-8-15)17(20)22-16-9-13-5-6-14(10-16)19(13)2/h3-4,7-8,11,13-14,16H,5-6,9-10H2,1-2H3/t11-,13-,14+,16?/m1/s1. The Morgan fingerprint density at radius 1 is 1.23 bits per heavy atom. The van der Waals surface area contributed by atoms with E-state index in [1.165, 1.54) is 37.1 Å². The predicted octanol–water partition coefficient (Wildman–Crippen LogP) is 2.76. The average Bonchev–Trinajstić information content (AvgIpc) is 2.72. The molecule has 2 aliphatic heterocycles. The highest BCUT2D eigenvalue weighted by Gasteiger charge is 2.40. The van der Waals surface area contributed by atoms with Crippen molar-refractivity contribution in [3.05, 3.63) is 30.1 Å². The zero-order valence-electron chi connectivity index (χ0n) is 13.0. The van der Waals surface area contributed by atoms with Crippen LogP contribution >= 0.6 is 0 Å². The van der Waals surface area contributed by atoms with Crippen LogP contribution in [-0.4, -0.2) is 42.2 Å². The van der Waals surface area contributed by atoms with Crippen LogP contribution in [0.25, 0.3) is 0 Å². The van der Waals surface area contributed by atoms with Crippen molar-refractivity contribution in [1.29, 1.82) is 0 Å². The van der Waals surface area contributed by atoms with E-state index in [2.05, 4.69) is 11.9 Å². The monoisotopic (exact) mass is 307 g/mol. The number of piperidine rings is 1. The molecule has 0 aliphatic carbocycles. The van der Waals surface area contributed by atoms with E-state index >= 15 is 0 Å². The minimum Gasteiger partial charge on any atom is -0.479 e. The Morgan fingerprint density at radius 3 is 2.41 bits per heavy atom. The quantitative estimate of drug-likeness (QED) is 0.802. The maximum atomic E-state index is 12.9. The summed E-state index contributed by atoms with van der Waals surface area (Å²) in [6.45, 7) is 1.66. The molecule has 2 bridgehead atoms. The molecule has 0 amide bonds. The molecule has 2 fully saturated rings. The molecule has 4 nitrogen and oxygen atoms in total. The van der Waals surface area contributed by atoms with Gasteiger partial charge in [-0.25, -0.2) is 9.18 Å². The van der Waals surface area contributed by atoms with Crippen molar-refractivity contribution in [3.8, 4) is 5.75 Å². The molecular formula is C17H22FNO3. The minimum absolute atomic E-state index is 0.0135. The van der Waals surface area contributed by atoms with E-state index in [1.54, 1.807) is 6.92 Å². The van der Waals surface area contributed by atoms with E-state index in [1.807, 2.05) is 0 Å². The van der Waals surface area contributed by atoms with Gasteiger partial charge in [0.05, 0.1) is 0 Å². The van der Waals surface area contributed by atoms with Gasteiger partial charge in [0.2, 0.25) is 0 Å². The van der Waals surface area contributed by atoms with Crippen LogP contribution in [0.1, 0.15) is 32.6 Å². The van der Waals surface area contributed by atoms with Crippen molar-refractivity contribution in [3.63, 3.8) is 0 Å². The van der Waals surface area contributed by atoms with Crippen LogP contribution in [0, 0.1) is 5.82 Å². The number of carbonyl (C=O) groups excluding carboxylic acids is 1. The molecule has 4 atom stereocenters. The summed E-state index contributed by atoms with van der Waals surface area (Å²) in [5, 5.41) is 0. The number of fused-ring (bicyclic) bond motifs is 2. The molecule has 22 heavy (non-hydrogen) atoms. The average molecular weight is 307 g/mol. The lowest BCUT2D eigenvalue weighted by atomic mass is 10.0. The topological polar surface area (TPSA) is 38.8 Å². The first-order valence-corrected chi connectivity index (χ1v) is 7.87. The van der Waals surface area contributed by atoms with Gasteiger partial charge in [-0.2, -0.15) is 0 Å². The van der Waals surface area contributed by atoms with Crippen molar-refractivity contribution >= 4 is 5.97 Å². The molecular weight excluding hydrogens is 285 g/mol. The first-order chi connectivity index (χ1) is 10.5. The Labute approximate surface area is 130 Å². The van der Waals surface area contributed by atoms with Gasteiger partial charge in [-0.1, -0.05) is 0 Å². The summed E-state index contributed by atoms with van der Waals surface area (Å²) in [4.78, 5) is 14.6. The second kappa shape index (κ2) is 6.24. The molecule has 0 aromatic heterocycles. The van der Waals surface area contributed by atoms with Crippen LogP contribution in [0.4, 0.5) is 4.39 Å². The number of hydrogen-bond donors (Lipinski definition) is 0. The van der Waals surface area contributed by atoms with Gasteiger partial charge < -0.3 is 14.4 Å². The largest absolute Gasteiger partial charge is 0.479 e. The van der Waals surface area contributed by atoms with Crippen molar-refractivity contribution in [2.45, 2.75) is 56.9 Å². The van der Waals surface area contributed by atoms with Crippen LogP contribution in [0.2, 0.25) is 0 Å². The number of nitrogens with zero attached hydrogens (tertiary/aromatic N) is 1. The second-order valence-corrected chi connectivity index (χ2v) is 6.29. The van der Waals surface area contributed by atoms with Gasteiger partial charge in [-0.3, -0.25) is 0 Å². The van der Waals surface area contributed by atoms with Gasteiger partial charge in [0.1, 0.15) is 17.7 Å². The molecule has 0 spiro atoms. The van der Waals surface area contributed by atoms with Crippen LogP contribution in [0.5, 0.6) is 5.75 Å². The number of halogens is 1. The number of benzene rings is 1. The SMILES string of the molecule is C[C@@H](Oc1ccc(F)cc1)C(=O)OC1C[C@H]2CC[C@@H](C1)N2C. The molecule has 2 heterocycles. The lowest BCUT2D eigenvalue weighted by molar-refractivity contribution is -0.159. The maximum absolute atomic E-state index is 12.9. The second-order valence-electron chi connectivity index (χ2n) is 6.29. The van der Waals surface area contributed by atoms with Gasteiger partial charge in [-0.15, -0.1) is 0 Å². The van der Waals surface area contributed by atoms with Crippen molar-refractivity contribution in [1.82, 2.24) is 4.90 Å². The van der Waals surface area contributed by atoms with Crippen LogP contribution in [-0.2, 0) is 9.53 Å². The minimum atomic E-state index is -0.692. The number of hydrogen-bond acceptors (Lipinski definition) is 4. The van der Waals surface area contributed by atoms with Crippen molar-refractivity contribution in [2.24, 2.45) is 0 Å². The molecule has 0 saturated carbocycles. The molecule has 5 heteroatoms. The highest BCUT2D eigenvalue weighted by molar-refractivity contribution is 5.74. The third kappa shape index (κ3) is 3.24. The molecule has 1 aromatic carbocycles. The lowest BCUT2D eigenvalue weighted by Crippen LogP contribution is -2.44. The van der Waals surface area contributed by atoms with E-state index in [0.29, 0.717) is 17.8 Å². The third-order valence-electron chi connectivity index (χ3n) is 4.80. The van der Waals surface area contributed by atoms with E-state index in [-0.39, 0.29) is 17.9 Å². The fourth-order valence-electron chi connectivity index (χ4n) is 3.48. The molecule has 3 rings (SSSR count). The first kappa shape index (κ1) is 15.3. The highest BCUT2D eigenvalue weighted by atomic mass is 19.1. The molecule has 0 radical (unpaired) electrons. The summed E-state index contributed by atoms with van der Waals surface area (Å²) in [5.74, 6) is -0.211. The van der Waals surface area contributed by atoms with E-state index < -0.39 is 6.10 Å². The number of ether oxygens (including phenoxy) is 2. The van der Waals surface area contributed by atoms with E-state index in [9.17, 15) is 9.18 Å². The highest BCUT2D eigenvalue weighted by Crippen LogP contribution is 2.35. The third-order valence-corrected chi connectivity index (χ3v) is 4.80. The van der Waals surface area contributed by atoms with Gasteiger partial charge in [0.25, 0.3) is 0 Å². The van der Waals surface area contributed by atoms with E-state index in [4.69, 9.17) is 9.47 Å². The molecule has 2 saturated heterocycles. The summed E-state index contributed by atoms with van der Waals surface area (Å²) in [7, 11) is 2.15. The van der Waals surface area contributed by atoms with Crippen LogP contribution in [0.3, 0.4) is 0 Å². The Kier molecular flexibility index (Phi) is 4.34. The van der Waals surface area contributed by atoms with Crippen molar-refractivity contribution < 1.29 is 18.7 Å². The van der Waals surface area contributed by atoms with Gasteiger partial charge in [0.15, 0.2) is 6.10 Å². The van der Waals surface area contributed by atoms with Crippen LogP contribution in [0.15, 0.2) is 24.3 Å². The molecule has 1 unspecified atom stereocenters. The van der Waals surface area contributed by atoms with Gasteiger partial charge in [0, 0.05) is 12.1 Å². The summed E-state index contributed by atoms with van der Waals surface area (Å²) in [6, 6.07) is 6.70. The van der Waals surface area contributed by atoms with Crippen molar-refractivity contribution in [2.75, 3.05) is 7.05 Å². The summed E-state index contributed by atoms with van der Waals surface area (Å²) < 4.78 is 24.0. The summed E-state index contributed by atoms with van der Waals surface area (Å²) in [6.07, 6.45) is 3.49. The number of esters is 1. The van der Waals surface area contributed by atoms with Gasteiger partial charge >= 0.3 is 5.97 Å². The smallest absolute Gasteiger partial charge is 0.347 e. The maximum Gasteiger partial charge on any atom is 0.347 e. The number of carbonyl (C=O) groups is 1. The lowest BCUT2D eigenvalue weighted by Gasteiger charge is -2.36. The van der Waals surface area contributed by atoms with Gasteiger partial charge in [-0.05, 0) is 63.9 Å². The Morgan fingerprint density at radius 2 is 1.82 bits per heavy atom. The Bertz CT molecular complexity index is 519. The first-order valence-electron chi connectivity index (χ1n) is 7.87. The molecule has 2 aliphatic rings. The van der Waals surface area contributed by atoms with Crippen LogP contribution < -0.4 is 4.74 Å². The summed E-state index contributed by atoms with van der Waals surface area (Å²) >= 11 is 0. The fraction of sp³-hybridized carbons (Fsp3) is 0.588. The zero-order valence-corrected chi connectivity index (χ0v) is 13.0. The Hall–Kier alpha value is -1.62. The zero-order chi connectivity index (χ0) is 15.7. The predicted molar refractivity (Wildman–Crippen MR) is 80.2 cm³/mol. The normalized spacial score (nSPS) is 29.1. The van der Waals surface area contributed by atoms with E-state index in [0.717, 1.165) is 12.8 Å². The molecule has 120 valence electrons.